The fourth-order valence-electron chi connectivity index (χ4n) is 10.0. The summed E-state index contributed by atoms with van der Waals surface area (Å²) >= 11 is 0. The summed E-state index contributed by atoms with van der Waals surface area (Å²) in [6.45, 7) is 29.3. The van der Waals surface area contributed by atoms with Gasteiger partial charge in [-0.2, -0.15) is 0 Å². The number of benzene rings is 2. The van der Waals surface area contributed by atoms with Crippen molar-refractivity contribution in [1.82, 2.24) is 35.4 Å². The first-order valence-corrected chi connectivity index (χ1v) is 22.3. The number of piperidine rings is 2. The van der Waals surface area contributed by atoms with Gasteiger partial charge < -0.3 is 30.3 Å². The van der Waals surface area contributed by atoms with Crippen molar-refractivity contribution in [3.63, 3.8) is 0 Å². The third-order valence-electron chi connectivity index (χ3n) is 13.3. The molecule has 0 spiro atoms. The van der Waals surface area contributed by atoms with Crippen LogP contribution < -0.4 is 20.4 Å². The number of allylic oxidation sites excluding steroid dienone is 1. The lowest BCUT2D eigenvalue weighted by molar-refractivity contribution is 0.205. The Balaban J connectivity index is 0.834. The third-order valence-corrected chi connectivity index (χ3v) is 13.3. The van der Waals surface area contributed by atoms with Crippen molar-refractivity contribution in [1.29, 1.82) is 0 Å². The van der Waals surface area contributed by atoms with E-state index in [4.69, 9.17) is 9.97 Å². The summed E-state index contributed by atoms with van der Waals surface area (Å²) in [5.41, 5.74) is 11.8. The second-order valence-electron chi connectivity index (χ2n) is 18.1. The zero-order valence-electron chi connectivity index (χ0n) is 36.1. The Bertz CT molecular complexity index is 2130. The maximum absolute atomic E-state index is 14.8. The van der Waals surface area contributed by atoms with Gasteiger partial charge in [0.25, 0.3) is 0 Å². The number of aromatic amines is 1. The molecule has 0 bridgehead atoms. The highest BCUT2D eigenvalue weighted by atomic mass is 19.1. The molecule has 10 heteroatoms. The minimum absolute atomic E-state index is 0.224. The SMILES string of the molecule is C=C1CCC(N2Cc3cc(N4CCN(CCC5CCN(c6ncc(C(NCC(C)(C)F)c7[nH]c8ccccc8c7CCC)cn6)CC5)CC4)cc(CC)c3C2=C)C(=C)N1. The van der Waals surface area contributed by atoms with E-state index in [0.29, 0.717) is 5.92 Å². The third kappa shape index (κ3) is 8.95. The van der Waals surface area contributed by atoms with Crippen LogP contribution in [0.3, 0.4) is 0 Å². The van der Waals surface area contributed by atoms with E-state index in [1.54, 1.807) is 13.8 Å². The van der Waals surface area contributed by atoms with Crippen LogP contribution >= 0.6 is 0 Å². The molecule has 3 fully saturated rings. The predicted molar refractivity (Wildman–Crippen MR) is 242 cm³/mol. The van der Waals surface area contributed by atoms with Crippen molar-refractivity contribution >= 4 is 28.2 Å². The number of rotatable bonds is 14. The van der Waals surface area contributed by atoms with Gasteiger partial charge in [0.2, 0.25) is 5.95 Å². The normalized spacial score (nSPS) is 20.1. The van der Waals surface area contributed by atoms with Crippen LogP contribution in [0.25, 0.3) is 16.6 Å². The first-order chi connectivity index (χ1) is 28.5. The Labute approximate surface area is 351 Å². The topological polar surface area (TPSA) is 78.6 Å². The van der Waals surface area contributed by atoms with Crippen molar-refractivity contribution in [3.05, 3.63) is 113 Å². The fraction of sp³-hybridized carbons (Fsp3) is 0.510. The molecular weight excluding hydrogens is 734 g/mol. The summed E-state index contributed by atoms with van der Waals surface area (Å²) in [7, 11) is 0. The molecule has 3 N–H and O–H groups in total. The maximum Gasteiger partial charge on any atom is 0.225 e. The largest absolute Gasteiger partial charge is 0.369 e. The molecule has 4 aliphatic rings. The van der Waals surface area contributed by atoms with Crippen LogP contribution in [0.5, 0.6) is 0 Å². The Morgan fingerprint density at radius 2 is 1.69 bits per heavy atom. The molecule has 3 saturated heterocycles. The number of alkyl halides is 1. The van der Waals surface area contributed by atoms with Crippen LogP contribution in [0, 0.1) is 5.92 Å². The Morgan fingerprint density at radius 3 is 2.39 bits per heavy atom. The number of nitrogens with one attached hydrogen (secondary N) is 3. The van der Waals surface area contributed by atoms with E-state index in [2.05, 4.69) is 105 Å². The number of aromatic nitrogens is 3. The fourth-order valence-corrected chi connectivity index (χ4v) is 10.0. The van der Waals surface area contributed by atoms with E-state index in [-0.39, 0.29) is 18.6 Å². The van der Waals surface area contributed by atoms with E-state index >= 15 is 0 Å². The first kappa shape index (κ1) is 41.1. The second kappa shape index (κ2) is 17.5. The average molecular weight is 800 g/mol. The van der Waals surface area contributed by atoms with Crippen LogP contribution in [-0.2, 0) is 19.4 Å². The molecule has 2 aromatic carbocycles. The molecule has 314 valence electrons. The molecule has 0 aliphatic carbocycles. The average Bonchev–Trinajstić information content (AvgIpc) is 3.77. The van der Waals surface area contributed by atoms with Crippen LogP contribution in [0.15, 0.2) is 79.9 Å². The zero-order chi connectivity index (χ0) is 41.3. The molecule has 0 saturated carbocycles. The number of hydrogen-bond donors (Lipinski definition) is 3. The summed E-state index contributed by atoms with van der Waals surface area (Å²) in [5.74, 6) is 1.50. The molecular formula is C49H66FN9. The molecule has 2 unspecified atom stereocenters. The lowest BCUT2D eigenvalue weighted by Gasteiger charge is -2.38. The van der Waals surface area contributed by atoms with Crippen LogP contribution in [0.4, 0.5) is 16.0 Å². The zero-order valence-corrected chi connectivity index (χ0v) is 36.1. The number of halogens is 1. The van der Waals surface area contributed by atoms with E-state index in [9.17, 15) is 4.39 Å². The van der Waals surface area contributed by atoms with Gasteiger partial charge in [0.1, 0.15) is 5.67 Å². The molecule has 9 nitrogen and oxygen atoms in total. The van der Waals surface area contributed by atoms with Crippen LogP contribution in [0.2, 0.25) is 0 Å². The minimum Gasteiger partial charge on any atom is -0.369 e. The van der Waals surface area contributed by atoms with E-state index in [1.807, 2.05) is 12.4 Å². The lowest BCUT2D eigenvalue weighted by atomic mass is 9.93. The van der Waals surface area contributed by atoms with E-state index in [1.165, 1.54) is 39.7 Å². The van der Waals surface area contributed by atoms with E-state index < -0.39 is 5.67 Å². The smallest absolute Gasteiger partial charge is 0.225 e. The van der Waals surface area contributed by atoms with Crippen molar-refractivity contribution in [2.75, 3.05) is 62.2 Å². The number of anilines is 2. The Morgan fingerprint density at radius 1 is 0.949 bits per heavy atom. The van der Waals surface area contributed by atoms with Crippen molar-refractivity contribution in [2.24, 2.45) is 5.92 Å². The number of H-pyrrole nitrogens is 1. The van der Waals surface area contributed by atoms with Gasteiger partial charge in [0, 0.05) is 115 Å². The Hall–Kier alpha value is -4.67. The summed E-state index contributed by atoms with van der Waals surface area (Å²) in [5, 5.41) is 8.16. The minimum atomic E-state index is -1.35. The summed E-state index contributed by atoms with van der Waals surface area (Å²) in [6, 6.07) is 13.3. The van der Waals surface area contributed by atoms with Gasteiger partial charge in [-0.05, 0) is 106 Å². The molecule has 2 atom stereocenters. The van der Waals surface area contributed by atoms with Crippen molar-refractivity contribution < 1.29 is 4.39 Å². The van der Waals surface area contributed by atoms with Gasteiger partial charge in [-0.25, -0.2) is 14.4 Å². The number of nitrogens with zero attached hydrogens (tertiary/aromatic N) is 6. The highest BCUT2D eigenvalue weighted by molar-refractivity contribution is 5.85. The van der Waals surface area contributed by atoms with Gasteiger partial charge in [0.15, 0.2) is 0 Å². The molecule has 0 amide bonds. The first-order valence-electron chi connectivity index (χ1n) is 22.3. The van der Waals surface area contributed by atoms with Gasteiger partial charge in [0.05, 0.1) is 12.1 Å². The van der Waals surface area contributed by atoms with Crippen molar-refractivity contribution in [3.8, 4) is 0 Å². The number of hydrogen-bond acceptors (Lipinski definition) is 8. The summed E-state index contributed by atoms with van der Waals surface area (Å²) < 4.78 is 14.8. The Kier molecular flexibility index (Phi) is 12.2. The quantitative estimate of drug-likeness (QED) is 0.117. The van der Waals surface area contributed by atoms with Gasteiger partial charge >= 0.3 is 0 Å². The maximum atomic E-state index is 14.8. The molecule has 8 rings (SSSR count). The molecule has 4 aliphatic heterocycles. The lowest BCUT2D eigenvalue weighted by Crippen LogP contribution is -2.47. The van der Waals surface area contributed by atoms with Gasteiger partial charge in [-0.15, -0.1) is 0 Å². The molecule has 2 aromatic heterocycles. The number of para-hydroxylation sites is 1. The summed E-state index contributed by atoms with van der Waals surface area (Å²) in [6.07, 6.45) is 12.4. The highest BCUT2D eigenvalue weighted by Gasteiger charge is 2.34. The van der Waals surface area contributed by atoms with Gasteiger partial charge in [-0.1, -0.05) is 58.2 Å². The predicted octanol–water partition coefficient (Wildman–Crippen LogP) is 8.89. The van der Waals surface area contributed by atoms with E-state index in [0.717, 1.165) is 137 Å². The highest BCUT2D eigenvalue weighted by Crippen LogP contribution is 2.41. The molecule has 6 heterocycles. The second-order valence-corrected chi connectivity index (χ2v) is 18.1. The monoisotopic (exact) mass is 800 g/mol. The number of fused-ring (bicyclic) bond motifs is 2. The van der Waals surface area contributed by atoms with Gasteiger partial charge in [-0.3, -0.25) is 4.90 Å². The van der Waals surface area contributed by atoms with Crippen LogP contribution in [-0.4, -0.2) is 88.8 Å². The summed E-state index contributed by atoms with van der Waals surface area (Å²) in [4.78, 5) is 23.5. The van der Waals surface area contributed by atoms with Crippen molar-refractivity contribution in [2.45, 2.75) is 103 Å². The number of piperazine rings is 1. The number of aryl methyl sites for hydroxylation is 2. The molecule has 4 aromatic rings. The standard InChI is InChI=1S/C49H66FN9/c1-8-12-42-41-13-10-11-14-43(41)55-47(42)46(53-32-49(6,7)50)39-29-51-48(52-30-39)58-21-18-36(19-22-58)17-20-56-23-25-57(26-24-56)40-27-37(9-2)45-35(5)59(31-38(45)28-40)44-16-15-33(3)54-34(44)4/h10-11,13-14,27-30,36,44,46,53-55H,3-5,8-9,12,15-26,31-32H2,1-2,6-7H3. The van der Waals surface area contributed by atoms with Crippen LogP contribution in [0.1, 0.15) is 106 Å². The molecule has 59 heavy (non-hydrogen) atoms. The molecule has 0 radical (unpaired) electrons.